The molecule has 1 fully saturated rings. The second-order valence-electron chi connectivity index (χ2n) is 3.25. The van der Waals surface area contributed by atoms with Gasteiger partial charge in [0, 0.05) is 0 Å². The van der Waals surface area contributed by atoms with E-state index in [0.29, 0.717) is 0 Å². The van der Waals surface area contributed by atoms with Gasteiger partial charge in [-0.2, -0.15) is 0 Å². The van der Waals surface area contributed by atoms with Crippen LogP contribution in [0.15, 0.2) is 0 Å². The van der Waals surface area contributed by atoms with Crippen molar-refractivity contribution >= 4 is 73.1 Å². The third-order valence-electron chi connectivity index (χ3n) is 1.25. The molecule has 0 heterocycles. The average molecular weight is 371 g/mol. The van der Waals surface area contributed by atoms with Crippen LogP contribution < -0.4 is 0 Å². The Morgan fingerprint density at radius 2 is 0.381 bits per heavy atom. The standard InChI is InChI=1S/C5H10.3BF4.K.H/c1-2-4-5-3-1;3*2-1(3,4)5;;/h1-5H2;;;;;/q;3*-1;;. The minimum absolute atomic E-state index is 0. The molecule has 0 aromatic heterocycles. The van der Waals surface area contributed by atoms with Crippen LogP contribution in [-0.2, 0) is 0 Å². The fraction of sp³-hybridized carbons (Fsp3) is 1.00. The van der Waals surface area contributed by atoms with Gasteiger partial charge < -0.3 is 51.8 Å². The molecule has 1 aliphatic carbocycles. The van der Waals surface area contributed by atoms with Gasteiger partial charge in [-0.05, 0) is 0 Å². The van der Waals surface area contributed by atoms with Crippen molar-refractivity contribution in [2.75, 3.05) is 0 Å². The monoisotopic (exact) mass is 371 g/mol. The van der Waals surface area contributed by atoms with Crippen LogP contribution in [-0.4, -0.2) is 73.1 Å². The van der Waals surface area contributed by atoms with E-state index in [-0.39, 0.29) is 51.4 Å². The predicted molar refractivity (Wildman–Crippen MR) is 60.8 cm³/mol. The van der Waals surface area contributed by atoms with Crippen molar-refractivity contribution in [3.05, 3.63) is 0 Å². The normalized spacial score (nSPS) is 14.3. The van der Waals surface area contributed by atoms with E-state index in [1.807, 2.05) is 0 Å². The van der Waals surface area contributed by atoms with Crippen molar-refractivity contribution in [1.29, 1.82) is 0 Å². The Kier molecular flexibility index (Phi) is 20.8. The van der Waals surface area contributed by atoms with Crippen LogP contribution in [0.5, 0.6) is 0 Å². The van der Waals surface area contributed by atoms with Crippen molar-refractivity contribution in [1.82, 2.24) is 0 Å². The molecule has 0 radical (unpaired) electrons. The molecule has 0 aromatic carbocycles. The van der Waals surface area contributed by atoms with E-state index in [1.54, 1.807) is 0 Å². The number of halogens is 12. The fourth-order valence-corrected chi connectivity index (χ4v) is 0.884. The minimum atomic E-state index is -6.00. The number of rotatable bonds is 0. The van der Waals surface area contributed by atoms with E-state index in [4.69, 9.17) is 0 Å². The molecular formula is C5H11B3F12K-3. The fourth-order valence-electron chi connectivity index (χ4n) is 0.884. The van der Waals surface area contributed by atoms with Gasteiger partial charge in [0.25, 0.3) is 0 Å². The van der Waals surface area contributed by atoms with Crippen LogP contribution in [0.1, 0.15) is 32.1 Å². The van der Waals surface area contributed by atoms with Crippen molar-refractivity contribution in [2.45, 2.75) is 32.1 Å². The molecule has 128 valence electrons. The van der Waals surface area contributed by atoms with Gasteiger partial charge in [-0.25, -0.2) is 0 Å². The first-order chi connectivity index (χ1) is 8.50. The first-order valence-electron chi connectivity index (χ1n) is 5.12. The molecule has 0 spiro atoms. The van der Waals surface area contributed by atoms with Crippen LogP contribution in [0.25, 0.3) is 0 Å². The molecule has 21 heavy (non-hydrogen) atoms. The van der Waals surface area contributed by atoms with Crippen LogP contribution in [0.3, 0.4) is 0 Å². The van der Waals surface area contributed by atoms with Gasteiger partial charge in [-0.15, -0.1) is 0 Å². The van der Waals surface area contributed by atoms with Gasteiger partial charge in [0.1, 0.15) is 0 Å². The zero-order valence-electron chi connectivity index (χ0n) is 9.80. The molecule has 1 saturated carbocycles. The Hall–Kier alpha value is 0.991. The summed E-state index contributed by atoms with van der Waals surface area (Å²) in [4.78, 5) is 0. The molecule has 16 heteroatoms. The van der Waals surface area contributed by atoms with Crippen molar-refractivity contribution in [3.8, 4) is 0 Å². The van der Waals surface area contributed by atoms with Crippen LogP contribution in [0, 0.1) is 0 Å². The van der Waals surface area contributed by atoms with Gasteiger partial charge in [0.2, 0.25) is 0 Å². The second kappa shape index (κ2) is 14.6. The molecule has 0 N–H and O–H groups in total. The Balaban J connectivity index is -0.0000000903. The van der Waals surface area contributed by atoms with Crippen LogP contribution in [0.2, 0.25) is 0 Å². The molecule has 0 atom stereocenters. The van der Waals surface area contributed by atoms with Crippen LogP contribution >= 0.6 is 0 Å². The SMILES string of the molecule is C1CCCC1.F[B-](F)(F)F.F[B-](F)(F)F.F[B-](F)(F)F.[KH]. The second-order valence-corrected chi connectivity index (χ2v) is 3.25. The van der Waals surface area contributed by atoms with E-state index in [1.165, 1.54) is 32.1 Å². The van der Waals surface area contributed by atoms with Gasteiger partial charge in [0.05, 0.1) is 0 Å². The molecule has 0 amide bonds. The van der Waals surface area contributed by atoms with Crippen LogP contribution in [0.4, 0.5) is 51.8 Å². The quantitative estimate of drug-likeness (QED) is 0.406. The molecule has 0 saturated heterocycles. The summed E-state index contributed by atoms with van der Waals surface area (Å²) < 4.78 is 117. The van der Waals surface area contributed by atoms with E-state index >= 15 is 0 Å². The Labute approximate surface area is 156 Å². The molecule has 1 aliphatic rings. The summed E-state index contributed by atoms with van der Waals surface area (Å²) in [5, 5.41) is 0. The molecule has 0 unspecified atom stereocenters. The van der Waals surface area contributed by atoms with Crippen molar-refractivity contribution in [3.63, 3.8) is 0 Å². The summed E-state index contributed by atoms with van der Waals surface area (Å²) in [7, 11) is -18.0. The van der Waals surface area contributed by atoms with E-state index in [2.05, 4.69) is 0 Å². The maximum atomic E-state index is 9.75. The zero-order valence-corrected chi connectivity index (χ0v) is 9.80. The predicted octanol–water partition coefficient (Wildman–Crippen LogP) is 5.20. The van der Waals surface area contributed by atoms with Gasteiger partial charge >= 0.3 is 73.1 Å². The van der Waals surface area contributed by atoms with E-state index in [0.717, 1.165) is 0 Å². The molecule has 0 nitrogen and oxygen atoms in total. The Morgan fingerprint density at radius 1 is 0.333 bits per heavy atom. The van der Waals surface area contributed by atoms with Gasteiger partial charge in [-0.3, -0.25) is 0 Å². The summed E-state index contributed by atoms with van der Waals surface area (Å²) in [6, 6.07) is 0. The van der Waals surface area contributed by atoms with Crippen molar-refractivity contribution < 1.29 is 51.8 Å². The van der Waals surface area contributed by atoms with E-state index in [9.17, 15) is 51.8 Å². The third-order valence-corrected chi connectivity index (χ3v) is 1.25. The Bertz CT molecular complexity index is 154. The maximum absolute atomic E-state index is 9.75. The first kappa shape index (κ1) is 29.9. The molecule has 0 bridgehead atoms. The van der Waals surface area contributed by atoms with Gasteiger partial charge in [-0.1, -0.05) is 32.1 Å². The Morgan fingerprint density at radius 3 is 0.429 bits per heavy atom. The summed E-state index contributed by atoms with van der Waals surface area (Å²) >= 11 is 0. The third kappa shape index (κ3) is 211. The summed E-state index contributed by atoms with van der Waals surface area (Å²) in [5.74, 6) is 0. The zero-order chi connectivity index (χ0) is 17.0. The molecule has 0 aromatic rings. The summed E-state index contributed by atoms with van der Waals surface area (Å²) in [6.45, 7) is 0. The topological polar surface area (TPSA) is 0 Å². The van der Waals surface area contributed by atoms with Crippen molar-refractivity contribution in [2.24, 2.45) is 0 Å². The molecular weight excluding hydrogens is 360 g/mol. The molecule has 0 aliphatic heterocycles. The molecule has 1 rings (SSSR count). The van der Waals surface area contributed by atoms with E-state index < -0.39 is 21.8 Å². The van der Waals surface area contributed by atoms with Gasteiger partial charge in [0.15, 0.2) is 0 Å². The summed E-state index contributed by atoms with van der Waals surface area (Å²) in [6.07, 6.45) is 7.50. The first-order valence-corrected chi connectivity index (χ1v) is 5.12. The number of hydrogen-bond donors (Lipinski definition) is 0. The number of hydrogen-bond acceptors (Lipinski definition) is 0. The average Bonchev–Trinajstić information content (AvgIpc) is 2.45. The summed E-state index contributed by atoms with van der Waals surface area (Å²) in [5.41, 5.74) is 0.